The van der Waals surface area contributed by atoms with Crippen molar-refractivity contribution in [2.75, 3.05) is 26.5 Å². The summed E-state index contributed by atoms with van der Waals surface area (Å²) in [5.74, 6) is 0.865. The van der Waals surface area contributed by atoms with E-state index in [2.05, 4.69) is 38.2 Å². The zero-order valence-electron chi connectivity index (χ0n) is 31.4. The lowest BCUT2D eigenvalue weighted by Crippen LogP contribution is -2.57. The van der Waals surface area contributed by atoms with Crippen molar-refractivity contribution in [3.8, 4) is 0 Å². The number of alkyl halides is 1. The van der Waals surface area contributed by atoms with E-state index in [4.69, 9.17) is 11.6 Å². The number of hydrogen-bond donors (Lipinski definition) is 0. The molecular formula is C42H79ClNO2+. The van der Waals surface area contributed by atoms with Gasteiger partial charge in [-0.1, -0.05) is 141 Å². The van der Waals surface area contributed by atoms with Gasteiger partial charge in [-0.05, 0) is 64.2 Å². The van der Waals surface area contributed by atoms with E-state index in [1.165, 1.54) is 141 Å². The summed E-state index contributed by atoms with van der Waals surface area (Å²) in [5, 5.41) is 0. The zero-order valence-corrected chi connectivity index (χ0v) is 32.2. The Kier molecular flexibility index (Phi) is 33.3. The average Bonchev–Trinajstić information content (AvgIpc) is 3.03. The van der Waals surface area contributed by atoms with Gasteiger partial charge in [0.25, 0.3) is 0 Å². The van der Waals surface area contributed by atoms with Crippen molar-refractivity contribution in [2.45, 2.75) is 206 Å². The number of allylic oxidation sites excluding steroid dienone is 4. The number of Topliss-reactive ketones (excluding diaryl/α,β-unsaturated/α-hetero) is 2. The van der Waals surface area contributed by atoms with Gasteiger partial charge < -0.3 is 4.48 Å². The van der Waals surface area contributed by atoms with Crippen LogP contribution < -0.4 is 0 Å². The van der Waals surface area contributed by atoms with Crippen LogP contribution in [0.1, 0.15) is 200 Å². The van der Waals surface area contributed by atoms with Crippen LogP contribution in [-0.2, 0) is 9.59 Å². The van der Waals surface area contributed by atoms with Gasteiger partial charge in [0.2, 0.25) is 6.04 Å². The van der Waals surface area contributed by atoms with E-state index in [-0.39, 0.29) is 11.6 Å². The smallest absolute Gasteiger partial charge is 0.206 e. The van der Waals surface area contributed by atoms with E-state index in [1.54, 1.807) is 0 Å². The van der Waals surface area contributed by atoms with Crippen molar-refractivity contribution >= 4 is 23.2 Å². The van der Waals surface area contributed by atoms with E-state index < -0.39 is 6.04 Å². The predicted molar refractivity (Wildman–Crippen MR) is 205 cm³/mol. The fraction of sp³-hybridized carbons (Fsp3) is 0.857. The second kappa shape index (κ2) is 34.0. The summed E-state index contributed by atoms with van der Waals surface area (Å²) in [5.41, 5.74) is 0. The molecule has 270 valence electrons. The minimum absolute atomic E-state index is 0.148. The molecule has 0 aromatic heterocycles. The number of hydrogen-bond acceptors (Lipinski definition) is 2. The zero-order chi connectivity index (χ0) is 34.0. The van der Waals surface area contributed by atoms with E-state index in [9.17, 15) is 9.59 Å². The topological polar surface area (TPSA) is 34.1 Å². The van der Waals surface area contributed by atoms with Crippen LogP contribution >= 0.6 is 11.6 Å². The molecule has 0 saturated heterocycles. The summed E-state index contributed by atoms with van der Waals surface area (Å²) >= 11 is 6.00. The van der Waals surface area contributed by atoms with Crippen LogP contribution in [0.3, 0.4) is 0 Å². The first-order valence-corrected chi connectivity index (χ1v) is 20.7. The summed E-state index contributed by atoms with van der Waals surface area (Å²) in [4.78, 5) is 26.8. The molecule has 0 saturated carbocycles. The number of carbonyl (C=O) groups is 2. The highest BCUT2D eigenvalue weighted by Crippen LogP contribution is 2.19. The van der Waals surface area contributed by atoms with Crippen molar-refractivity contribution in [1.82, 2.24) is 0 Å². The quantitative estimate of drug-likeness (QED) is 0.0219. The van der Waals surface area contributed by atoms with Crippen molar-refractivity contribution in [3.63, 3.8) is 0 Å². The van der Waals surface area contributed by atoms with E-state index in [0.29, 0.717) is 23.2 Å². The number of likely N-dealkylation sites (N-methyl/N-ethyl adjacent to an activating group) is 1. The maximum absolute atomic E-state index is 13.4. The molecular weight excluding hydrogens is 586 g/mol. The fourth-order valence-corrected chi connectivity index (χ4v) is 6.69. The van der Waals surface area contributed by atoms with Gasteiger partial charge in [0.05, 0.1) is 20.6 Å². The van der Waals surface area contributed by atoms with Gasteiger partial charge in [-0.25, -0.2) is 0 Å². The van der Waals surface area contributed by atoms with Gasteiger partial charge in [0.15, 0.2) is 11.6 Å². The Labute approximate surface area is 293 Å². The first-order chi connectivity index (χ1) is 22.4. The Morgan fingerprint density at radius 3 is 1.11 bits per heavy atom. The second-order valence-corrected chi connectivity index (χ2v) is 14.9. The molecule has 4 heteroatoms. The summed E-state index contributed by atoms with van der Waals surface area (Å²) in [6.07, 6.45) is 43.8. The Morgan fingerprint density at radius 2 is 0.783 bits per heavy atom. The minimum atomic E-state index is -0.531. The number of halogens is 1. The monoisotopic (exact) mass is 665 g/mol. The lowest BCUT2D eigenvalue weighted by molar-refractivity contribution is -0.897. The van der Waals surface area contributed by atoms with Crippen LogP contribution in [0.2, 0.25) is 0 Å². The van der Waals surface area contributed by atoms with Crippen molar-refractivity contribution in [2.24, 2.45) is 0 Å². The standard InChI is InChI=1S/C42H79ClNO2/c1-5-7-9-11-13-15-17-19-21-23-25-27-29-31-33-36-40(45)42(44(3,4)39-35-38-43)41(46)37-34-32-30-28-26-24-22-20-18-16-14-12-10-8-6-2/h19-22,42H,5-18,23-39H2,1-4H3/q+1/b21-19-,22-20-. The third-order valence-electron chi connectivity index (χ3n) is 9.55. The highest BCUT2D eigenvalue weighted by molar-refractivity contribution is 6.17. The van der Waals surface area contributed by atoms with Crippen LogP contribution in [0.4, 0.5) is 0 Å². The number of rotatable bonds is 36. The first kappa shape index (κ1) is 45.1. The van der Waals surface area contributed by atoms with Crippen molar-refractivity contribution in [3.05, 3.63) is 24.3 Å². The summed E-state index contributed by atoms with van der Waals surface area (Å²) in [6.45, 7) is 5.31. The number of unbranched alkanes of at least 4 members (excludes halogenated alkanes) is 22. The van der Waals surface area contributed by atoms with Crippen molar-refractivity contribution in [1.29, 1.82) is 0 Å². The van der Waals surface area contributed by atoms with Crippen LogP contribution in [0.5, 0.6) is 0 Å². The highest BCUT2D eigenvalue weighted by Gasteiger charge is 2.39. The van der Waals surface area contributed by atoms with E-state index in [1.807, 2.05) is 14.1 Å². The largest absolute Gasteiger partial charge is 0.314 e. The lowest BCUT2D eigenvalue weighted by Gasteiger charge is -2.36. The predicted octanol–water partition coefficient (Wildman–Crippen LogP) is 13.3. The highest BCUT2D eigenvalue weighted by atomic mass is 35.5. The maximum atomic E-state index is 13.4. The molecule has 0 N–H and O–H groups in total. The molecule has 0 amide bonds. The molecule has 0 heterocycles. The fourth-order valence-electron chi connectivity index (χ4n) is 6.57. The molecule has 0 unspecified atom stereocenters. The van der Waals surface area contributed by atoms with Crippen LogP contribution in [-0.4, -0.2) is 48.6 Å². The van der Waals surface area contributed by atoms with Gasteiger partial charge in [-0.2, -0.15) is 0 Å². The Morgan fingerprint density at radius 1 is 0.478 bits per heavy atom. The lowest BCUT2D eigenvalue weighted by atomic mass is 9.95. The van der Waals surface area contributed by atoms with Gasteiger partial charge in [-0.3, -0.25) is 9.59 Å². The van der Waals surface area contributed by atoms with Crippen molar-refractivity contribution < 1.29 is 14.1 Å². The molecule has 0 aliphatic heterocycles. The Hall–Kier alpha value is -0.930. The molecule has 0 radical (unpaired) electrons. The summed E-state index contributed by atoms with van der Waals surface area (Å²) in [7, 11) is 4.10. The molecule has 0 aromatic rings. The molecule has 0 atom stereocenters. The van der Waals surface area contributed by atoms with Crippen LogP contribution in [0, 0.1) is 0 Å². The third-order valence-corrected chi connectivity index (χ3v) is 9.81. The SMILES string of the molecule is CCCCCCCC/C=C\CCCCCCCC(=O)C(C(=O)CCCCCCC/C=C\CCCCCCCC)[N+](C)(C)CCCCl. The summed E-state index contributed by atoms with van der Waals surface area (Å²) in [6, 6.07) is -0.531. The van der Waals surface area contributed by atoms with E-state index in [0.717, 1.165) is 38.6 Å². The maximum Gasteiger partial charge on any atom is 0.206 e. The molecule has 0 rings (SSSR count). The van der Waals surface area contributed by atoms with Gasteiger partial charge in [-0.15, -0.1) is 11.6 Å². The van der Waals surface area contributed by atoms with E-state index >= 15 is 0 Å². The Balaban J connectivity index is 4.19. The molecule has 0 aliphatic carbocycles. The normalized spacial score (nSPS) is 12.3. The average molecular weight is 666 g/mol. The number of nitrogens with zero attached hydrogens (tertiary/aromatic N) is 1. The van der Waals surface area contributed by atoms with Crippen LogP contribution in [0.25, 0.3) is 0 Å². The molecule has 0 fully saturated rings. The summed E-state index contributed by atoms with van der Waals surface area (Å²) < 4.78 is 0.445. The first-order valence-electron chi connectivity index (χ1n) is 20.1. The number of ketones is 2. The van der Waals surface area contributed by atoms with Gasteiger partial charge in [0, 0.05) is 25.1 Å². The number of quaternary nitrogens is 1. The Bertz CT molecular complexity index is 692. The minimum Gasteiger partial charge on any atom is -0.314 e. The molecule has 0 spiro atoms. The third kappa shape index (κ3) is 28.1. The van der Waals surface area contributed by atoms with Gasteiger partial charge >= 0.3 is 0 Å². The molecule has 0 bridgehead atoms. The second-order valence-electron chi connectivity index (χ2n) is 14.5. The molecule has 0 aromatic carbocycles. The molecule has 3 nitrogen and oxygen atoms in total. The van der Waals surface area contributed by atoms with Gasteiger partial charge in [0.1, 0.15) is 0 Å². The van der Waals surface area contributed by atoms with Crippen LogP contribution in [0.15, 0.2) is 24.3 Å². The molecule has 0 aliphatic rings. The number of carbonyl (C=O) groups excluding carboxylic acids is 2. The molecule has 46 heavy (non-hydrogen) atoms.